The third-order valence-corrected chi connectivity index (χ3v) is 8.32. The van der Waals surface area contributed by atoms with E-state index in [1.54, 1.807) is 30.5 Å². The summed E-state index contributed by atoms with van der Waals surface area (Å²) >= 11 is 0. The minimum Gasteiger partial charge on any atom is -0.383 e. The molecule has 1 aromatic carbocycles. The van der Waals surface area contributed by atoms with Gasteiger partial charge in [-0.05, 0) is 57.0 Å². The van der Waals surface area contributed by atoms with Crippen LogP contribution in [0.5, 0.6) is 0 Å². The highest BCUT2D eigenvalue weighted by atomic mass is 19.4. The minimum absolute atomic E-state index is 0.0184. The van der Waals surface area contributed by atoms with Gasteiger partial charge in [-0.3, -0.25) is 14.3 Å². The molecule has 2 bridgehead atoms. The topological polar surface area (TPSA) is 131 Å². The Hall–Kier alpha value is -4.78. The van der Waals surface area contributed by atoms with E-state index >= 15 is 0 Å². The number of likely N-dealkylation sites (N-methyl/N-ethyl adjacent to an activating group) is 1. The van der Waals surface area contributed by atoms with Crippen LogP contribution in [0.2, 0.25) is 0 Å². The van der Waals surface area contributed by atoms with Crippen LogP contribution >= 0.6 is 0 Å². The summed E-state index contributed by atoms with van der Waals surface area (Å²) in [6.45, 7) is 1.29. The number of halogens is 3. The Morgan fingerprint density at radius 1 is 1.13 bits per heavy atom. The van der Waals surface area contributed by atoms with Crippen molar-refractivity contribution in [3.05, 3.63) is 71.6 Å². The Morgan fingerprint density at radius 3 is 2.71 bits per heavy atom. The number of hydrogen-bond acceptors (Lipinski definition) is 7. The molecule has 13 heteroatoms. The number of anilines is 2. The second-order valence-electron chi connectivity index (χ2n) is 11.6. The number of alkyl halides is 3. The molecule has 0 saturated heterocycles. The fraction of sp³-hybridized carbons (Fsp3) is 0.344. The maximum atomic E-state index is 13.1. The van der Waals surface area contributed by atoms with Crippen molar-refractivity contribution >= 4 is 40.4 Å². The van der Waals surface area contributed by atoms with Crippen molar-refractivity contribution in [3.8, 4) is 11.3 Å². The van der Waals surface area contributed by atoms with Gasteiger partial charge in [0.1, 0.15) is 17.3 Å². The van der Waals surface area contributed by atoms with Gasteiger partial charge in [0.15, 0.2) is 0 Å². The Balaban J connectivity index is 1.36. The summed E-state index contributed by atoms with van der Waals surface area (Å²) in [5.74, 6) is -0.442. The molecule has 1 saturated carbocycles. The molecule has 3 aromatic heterocycles. The molecule has 0 spiro atoms. The van der Waals surface area contributed by atoms with E-state index in [0.717, 1.165) is 55.1 Å². The van der Waals surface area contributed by atoms with Crippen molar-refractivity contribution in [1.82, 2.24) is 30.0 Å². The quantitative estimate of drug-likeness (QED) is 0.284. The van der Waals surface area contributed by atoms with Gasteiger partial charge in [0.25, 0.3) is 5.91 Å². The first kappa shape index (κ1) is 30.3. The van der Waals surface area contributed by atoms with E-state index in [9.17, 15) is 22.8 Å². The number of fused-ring (bicyclic) bond motifs is 3. The normalized spacial score (nSPS) is 20.3. The summed E-state index contributed by atoms with van der Waals surface area (Å²) in [5, 5.41) is 11.4. The molecule has 234 valence electrons. The lowest BCUT2D eigenvalue weighted by molar-refractivity contribution is -0.137. The monoisotopic (exact) mass is 618 g/mol. The van der Waals surface area contributed by atoms with Gasteiger partial charge in [0.2, 0.25) is 5.91 Å². The lowest BCUT2D eigenvalue weighted by Crippen LogP contribution is -2.40. The SMILES string of the molecule is CN1C/C=C/c2cnc(N)c3c(-c4ccc(C(=O)Nc5cc(C(F)(F)F)ccn5)cc4)nn(c23)[C@@H]2CCC[C@H](C2)NC(=O)CC1. The summed E-state index contributed by atoms with van der Waals surface area (Å²) < 4.78 is 41.3. The number of carbonyl (C=O) groups excluding carboxylic acids is 2. The zero-order valence-corrected chi connectivity index (χ0v) is 24.6. The predicted molar refractivity (Wildman–Crippen MR) is 165 cm³/mol. The lowest BCUT2D eigenvalue weighted by Gasteiger charge is -2.31. The van der Waals surface area contributed by atoms with Crippen molar-refractivity contribution in [3.63, 3.8) is 0 Å². The van der Waals surface area contributed by atoms with Crippen molar-refractivity contribution < 1.29 is 22.8 Å². The minimum atomic E-state index is -4.56. The first-order chi connectivity index (χ1) is 21.6. The molecule has 4 heterocycles. The number of pyridine rings is 2. The summed E-state index contributed by atoms with van der Waals surface area (Å²) in [5.41, 5.74) is 8.84. The van der Waals surface area contributed by atoms with Gasteiger partial charge in [-0.15, -0.1) is 0 Å². The van der Waals surface area contributed by atoms with Crippen molar-refractivity contribution in [2.24, 2.45) is 0 Å². The van der Waals surface area contributed by atoms with Gasteiger partial charge >= 0.3 is 6.18 Å². The summed E-state index contributed by atoms with van der Waals surface area (Å²) in [7, 11) is 1.97. The number of nitrogen functional groups attached to an aromatic ring is 1. The molecule has 6 rings (SSSR count). The fourth-order valence-corrected chi connectivity index (χ4v) is 6.01. The predicted octanol–water partition coefficient (Wildman–Crippen LogP) is 5.30. The van der Waals surface area contributed by atoms with E-state index in [1.165, 1.54) is 0 Å². The van der Waals surface area contributed by atoms with E-state index in [2.05, 4.69) is 25.5 Å². The van der Waals surface area contributed by atoms with Gasteiger partial charge < -0.3 is 21.3 Å². The van der Waals surface area contributed by atoms with Crippen LogP contribution in [0.3, 0.4) is 0 Å². The number of benzene rings is 1. The second-order valence-corrected chi connectivity index (χ2v) is 11.6. The van der Waals surface area contributed by atoms with Crippen LogP contribution in [0.15, 0.2) is 54.9 Å². The highest BCUT2D eigenvalue weighted by Crippen LogP contribution is 2.39. The molecule has 1 aliphatic carbocycles. The van der Waals surface area contributed by atoms with Gasteiger partial charge in [-0.2, -0.15) is 18.3 Å². The van der Waals surface area contributed by atoms with Crippen LogP contribution in [0, 0.1) is 0 Å². The fourth-order valence-electron chi connectivity index (χ4n) is 6.01. The van der Waals surface area contributed by atoms with E-state index in [-0.39, 0.29) is 29.4 Å². The van der Waals surface area contributed by atoms with Gasteiger partial charge in [0, 0.05) is 54.6 Å². The standard InChI is InChI=1S/C32H33F3N8O2/c1-42-14-3-4-21-18-38-30(36)27-28(41-43(29(21)27)24-6-2-5-23(17-24)39-26(44)12-15-42)19-7-9-20(10-8-19)31(45)40-25-16-22(11-13-37-25)32(33,34)35/h3-4,7-11,13,16,18,23-24H,2,5-6,12,14-15,17H2,1H3,(H2,36,38)(H,39,44)(H,37,40,45)/b4-3+/t23-,24-/m1/s1. The molecule has 4 aromatic rings. The molecule has 1 fully saturated rings. The molecule has 45 heavy (non-hydrogen) atoms. The maximum absolute atomic E-state index is 13.1. The smallest absolute Gasteiger partial charge is 0.383 e. The largest absolute Gasteiger partial charge is 0.416 e. The van der Waals surface area contributed by atoms with Crippen LogP contribution in [0.4, 0.5) is 24.8 Å². The molecule has 1 aliphatic heterocycles. The van der Waals surface area contributed by atoms with Crippen LogP contribution in [-0.4, -0.2) is 62.6 Å². The van der Waals surface area contributed by atoms with Gasteiger partial charge in [-0.25, -0.2) is 9.97 Å². The molecule has 0 radical (unpaired) electrons. The second kappa shape index (κ2) is 12.3. The Labute approximate surface area is 257 Å². The van der Waals surface area contributed by atoms with Crippen LogP contribution in [0.25, 0.3) is 28.2 Å². The molecule has 2 aliphatic rings. The van der Waals surface area contributed by atoms with Crippen LogP contribution in [-0.2, 0) is 11.0 Å². The van der Waals surface area contributed by atoms with Crippen LogP contribution in [0.1, 0.15) is 59.6 Å². The van der Waals surface area contributed by atoms with E-state index < -0.39 is 17.6 Å². The Bertz CT molecular complexity index is 1770. The summed E-state index contributed by atoms with van der Waals surface area (Å²) in [6, 6.07) is 8.29. The van der Waals surface area contributed by atoms with Gasteiger partial charge in [-0.1, -0.05) is 24.3 Å². The van der Waals surface area contributed by atoms with Crippen LogP contribution < -0.4 is 16.4 Å². The van der Waals surface area contributed by atoms with E-state index in [0.29, 0.717) is 42.0 Å². The number of nitrogens with zero attached hydrogens (tertiary/aromatic N) is 5. The first-order valence-electron chi connectivity index (χ1n) is 14.8. The molecule has 4 N–H and O–H groups in total. The molecule has 2 amide bonds. The number of amides is 2. The highest BCUT2D eigenvalue weighted by molar-refractivity contribution is 6.06. The van der Waals surface area contributed by atoms with E-state index in [4.69, 9.17) is 10.8 Å². The number of nitrogens with two attached hydrogens (primary N) is 1. The third kappa shape index (κ3) is 6.53. The number of rotatable bonds is 3. The first-order valence-corrected chi connectivity index (χ1v) is 14.8. The summed E-state index contributed by atoms with van der Waals surface area (Å²) in [6.07, 6.45) is 6.12. The average molecular weight is 619 g/mol. The average Bonchev–Trinajstić information content (AvgIpc) is 3.43. The number of nitrogens with one attached hydrogen (secondary N) is 2. The number of carbonyl (C=O) groups is 2. The lowest BCUT2D eigenvalue weighted by atomic mass is 9.90. The van der Waals surface area contributed by atoms with Crippen molar-refractivity contribution in [2.45, 2.75) is 50.4 Å². The zero-order valence-electron chi connectivity index (χ0n) is 24.6. The molecule has 10 nitrogen and oxygen atoms in total. The number of aromatic nitrogens is 4. The van der Waals surface area contributed by atoms with Crippen molar-refractivity contribution in [1.29, 1.82) is 0 Å². The van der Waals surface area contributed by atoms with Crippen molar-refractivity contribution in [2.75, 3.05) is 31.2 Å². The Morgan fingerprint density at radius 2 is 1.93 bits per heavy atom. The third-order valence-electron chi connectivity index (χ3n) is 8.32. The highest BCUT2D eigenvalue weighted by Gasteiger charge is 2.31. The summed E-state index contributed by atoms with van der Waals surface area (Å²) in [4.78, 5) is 36.0. The van der Waals surface area contributed by atoms with E-state index in [1.807, 2.05) is 23.9 Å². The molecule has 2 atom stereocenters. The Kier molecular flexibility index (Phi) is 8.28. The number of hydrogen-bond donors (Lipinski definition) is 3. The maximum Gasteiger partial charge on any atom is 0.416 e. The van der Waals surface area contributed by atoms with Gasteiger partial charge in [0.05, 0.1) is 22.5 Å². The molecular weight excluding hydrogens is 585 g/mol. The molecular formula is C32H33F3N8O2. The zero-order chi connectivity index (χ0) is 31.7. The molecule has 0 unspecified atom stereocenters.